The highest BCUT2D eigenvalue weighted by Crippen LogP contribution is 2.32. The lowest BCUT2D eigenvalue weighted by molar-refractivity contribution is -0.117. The summed E-state index contributed by atoms with van der Waals surface area (Å²) >= 11 is 6.06. The Morgan fingerprint density at radius 3 is 2.67 bits per heavy atom. The van der Waals surface area contributed by atoms with Gasteiger partial charge < -0.3 is 10.1 Å². The Labute approximate surface area is 164 Å². The third kappa shape index (κ3) is 5.45. The number of amides is 1. The molecule has 1 fully saturated rings. The van der Waals surface area contributed by atoms with Crippen molar-refractivity contribution >= 4 is 33.0 Å². The van der Waals surface area contributed by atoms with E-state index >= 15 is 0 Å². The number of rotatable bonds is 6. The van der Waals surface area contributed by atoms with Crippen LogP contribution in [0.4, 0.5) is 5.69 Å². The van der Waals surface area contributed by atoms with Crippen molar-refractivity contribution in [2.24, 2.45) is 0 Å². The molecule has 1 aliphatic heterocycles. The maximum atomic E-state index is 12.5. The first-order valence-electron chi connectivity index (χ1n) is 8.55. The summed E-state index contributed by atoms with van der Waals surface area (Å²) in [5.74, 6) is 1.12. The van der Waals surface area contributed by atoms with E-state index in [1.54, 1.807) is 30.1 Å². The molecule has 2 aromatic carbocycles. The van der Waals surface area contributed by atoms with E-state index in [2.05, 4.69) is 5.32 Å². The van der Waals surface area contributed by atoms with Crippen LogP contribution in [0.3, 0.4) is 0 Å². The molecular weight excluding hydrogens is 388 g/mol. The molecule has 8 heteroatoms. The average Bonchev–Trinajstić information content (AvgIpc) is 2.98. The van der Waals surface area contributed by atoms with Crippen LogP contribution in [-0.4, -0.2) is 50.4 Å². The van der Waals surface area contributed by atoms with Gasteiger partial charge >= 0.3 is 0 Å². The summed E-state index contributed by atoms with van der Waals surface area (Å²) in [6.07, 6.45) is 0.547. The third-order valence-electron chi connectivity index (χ3n) is 4.41. The molecule has 0 saturated carbocycles. The van der Waals surface area contributed by atoms with Crippen molar-refractivity contribution in [3.8, 4) is 11.5 Å². The lowest BCUT2D eigenvalue weighted by Gasteiger charge is -2.22. The average molecular weight is 409 g/mol. The number of anilines is 1. The van der Waals surface area contributed by atoms with Gasteiger partial charge in [0.05, 0.1) is 23.7 Å². The molecule has 27 heavy (non-hydrogen) atoms. The third-order valence-corrected chi connectivity index (χ3v) is 6.40. The number of hydrogen-bond acceptors (Lipinski definition) is 5. The Balaban J connectivity index is 1.67. The normalized spacial score (nSPS) is 18.4. The van der Waals surface area contributed by atoms with Crippen LogP contribution >= 0.6 is 11.6 Å². The van der Waals surface area contributed by atoms with Gasteiger partial charge in [0.1, 0.15) is 5.75 Å². The van der Waals surface area contributed by atoms with E-state index in [1.807, 2.05) is 30.3 Å². The molecule has 1 atom stereocenters. The van der Waals surface area contributed by atoms with Crippen molar-refractivity contribution in [2.75, 3.05) is 30.4 Å². The van der Waals surface area contributed by atoms with Gasteiger partial charge in [0.15, 0.2) is 15.6 Å². The lowest BCUT2D eigenvalue weighted by atomic mass is 10.2. The summed E-state index contributed by atoms with van der Waals surface area (Å²) in [7, 11) is -1.24. The molecule has 1 unspecified atom stereocenters. The Bertz CT molecular complexity index is 919. The number of hydrogen-bond donors (Lipinski definition) is 1. The summed E-state index contributed by atoms with van der Waals surface area (Å²) in [4.78, 5) is 14.2. The fourth-order valence-electron chi connectivity index (χ4n) is 2.97. The minimum absolute atomic E-state index is 0.0808. The predicted molar refractivity (Wildman–Crippen MR) is 106 cm³/mol. The smallest absolute Gasteiger partial charge is 0.238 e. The number of ether oxygens (including phenoxy) is 1. The van der Waals surface area contributed by atoms with E-state index in [1.165, 1.54) is 0 Å². The van der Waals surface area contributed by atoms with Crippen LogP contribution in [0, 0.1) is 0 Å². The molecule has 1 N–H and O–H groups in total. The zero-order chi connectivity index (χ0) is 19.4. The highest BCUT2D eigenvalue weighted by atomic mass is 35.5. The van der Waals surface area contributed by atoms with E-state index in [0.717, 1.165) is 0 Å². The van der Waals surface area contributed by atoms with Gasteiger partial charge in [0.2, 0.25) is 5.91 Å². The number of carbonyl (C=O) groups excluding carboxylic acids is 1. The largest absolute Gasteiger partial charge is 0.455 e. The molecule has 1 heterocycles. The first kappa shape index (κ1) is 19.7. The highest BCUT2D eigenvalue weighted by Gasteiger charge is 2.31. The van der Waals surface area contributed by atoms with Gasteiger partial charge in [-0.05, 0) is 43.8 Å². The Hall–Kier alpha value is -2.09. The van der Waals surface area contributed by atoms with Crippen LogP contribution in [0.15, 0.2) is 48.5 Å². The molecular formula is C19H21ClN2O4S. The second-order valence-electron chi connectivity index (χ2n) is 6.58. The Morgan fingerprint density at radius 1 is 1.26 bits per heavy atom. The minimum atomic E-state index is -2.99. The maximum Gasteiger partial charge on any atom is 0.238 e. The van der Waals surface area contributed by atoms with E-state index in [9.17, 15) is 13.2 Å². The number of nitrogens with one attached hydrogen (secondary N) is 1. The van der Waals surface area contributed by atoms with Crippen LogP contribution in [-0.2, 0) is 14.6 Å². The predicted octanol–water partition coefficient (Wildman–Crippen LogP) is 3.19. The van der Waals surface area contributed by atoms with Crippen LogP contribution in [0.2, 0.25) is 5.02 Å². The number of benzene rings is 2. The van der Waals surface area contributed by atoms with E-state index < -0.39 is 9.84 Å². The zero-order valence-electron chi connectivity index (χ0n) is 14.9. The number of nitrogens with zero attached hydrogens (tertiary/aromatic N) is 1. The first-order chi connectivity index (χ1) is 12.8. The zero-order valence-corrected chi connectivity index (χ0v) is 16.5. The summed E-state index contributed by atoms with van der Waals surface area (Å²) in [6.45, 7) is 0.0808. The van der Waals surface area contributed by atoms with E-state index in [-0.39, 0.29) is 30.0 Å². The SMILES string of the molecule is CN(CC(=O)Nc1cc(Cl)ccc1Oc1ccccc1)C1CCS(=O)(=O)C1. The highest BCUT2D eigenvalue weighted by molar-refractivity contribution is 7.91. The summed E-state index contributed by atoms with van der Waals surface area (Å²) in [5, 5.41) is 3.28. The molecule has 0 aliphatic carbocycles. The van der Waals surface area contributed by atoms with E-state index in [4.69, 9.17) is 16.3 Å². The number of sulfone groups is 1. The van der Waals surface area contributed by atoms with Gasteiger partial charge in [0, 0.05) is 11.1 Å². The van der Waals surface area contributed by atoms with Crippen molar-refractivity contribution in [2.45, 2.75) is 12.5 Å². The molecule has 3 rings (SSSR count). The quantitative estimate of drug-likeness (QED) is 0.794. The molecule has 0 bridgehead atoms. The topological polar surface area (TPSA) is 75.7 Å². The van der Waals surface area contributed by atoms with Crippen LogP contribution < -0.4 is 10.1 Å². The van der Waals surface area contributed by atoms with Crippen LogP contribution in [0.1, 0.15) is 6.42 Å². The minimum Gasteiger partial charge on any atom is -0.455 e. The molecule has 1 amide bonds. The van der Waals surface area contributed by atoms with Crippen molar-refractivity contribution in [3.63, 3.8) is 0 Å². The van der Waals surface area contributed by atoms with Crippen molar-refractivity contribution < 1.29 is 17.9 Å². The van der Waals surface area contributed by atoms with Gasteiger partial charge in [-0.2, -0.15) is 0 Å². The monoisotopic (exact) mass is 408 g/mol. The lowest BCUT2D eigenvalue weighted by Crippen LogP contribution is -2.38. The summed E-state index contributed by atoms with van der Waals surface area (Å²) in [5.41, 5.74) is 0.462. The molecule has 0 spiro atoms. The van der Waals surface area contributed by atoms with Crippen molar-refractivity contribution in [1.29, 1.82) is 0 Å². The van der Waals surface area contributed by atoms with Crippen LogP contribution in [0.25, 0.3) is 0 Å². The maximum absolute atomic E-state index is 12.5. The molecule has 1 saturated heterocycles. The van der Waals surface area contributed by atoms with Crippen LogP contribution in [0.5, 0.6) is 11.5 Å². The summed E-state index contributed by atoms with van der Waals surface area (Å²) in [6, 6.07) is 14.1. The molecule has 0 radical (unpaired) electrons. The number of likely N-dealkylation sites (N-methyl/N-ethyl adjacent to an activating group) is 1. The second-order valence-corrected chi connectivity index (χ2v) is 9.24. The molecule has 1 aliphatic rings. The van der Waals surface area contributed by atoms with Gasteiger partial charge in [0.25, 0.3) is 0 Å². The van der Waals surface area contributed by atoms with E-state index in [0.29, 0.717) is 28.6 Å². The van der Waals surface area contributed by atoms with Crippen molar-refractivity contribution in [1.82, 2.24) is 4.90 Å². The second kappa shape index (κ2) is 8.29. The van der Waals surface area contributed by atoms with Gasteiger partial charge in [-0.25, -0.2) is 8.42 Å². The molecule has 144 valence electrons. The number of carbonyl (C=O) groups is 1. The standard InChI is InChI=1S/C19H21ClN2O4S/c1-22(15-9-10-27(24,25)13-15)12-19(23)21-17-11-14(20)7-8-18(17)26-16-5-3-2-4-6-16/h2-8,11,15H,9-10,12-13H2,1H3,(H,21,23). The van der Waals surface area contributed by atoms with Gasteiger partial charge in [-0.3, -0.25) is 9.69 Å². The van der Waals surface area contributed by atoms with Gasteiger partial charge in [-0.1, -0.05) is 29.8 Å². The number of halogens is 1. The van der Waals surface area contributed by atoms with Crippen molar-refractivity contribution in [3.05, 3.63) is 53.6 Å². The number of para-hydroxylation sites is 1. The Kier molecular flexibility index (Phi) is 6.04. The summed E-state index contributed by atoms with van der Waals surface area (Å²) < 4.78 is 29.1. The molecule has 2 aromatic rings. The van der Waals surface area contributed by atoms with Gasteiger partial charge in [-0.15, -0.1) is 0 Å². The molecule has 6 nitrogen and oxygen atoms in total. The fourth-order valence-corrected chi connectivity index (χ4v) is 4.95. The fraction of sp³-hybridized carbons (Fsp3) is 0.316. The Morgan fingerprint density at radius 2 is 2.00 bits per heavy atom. The molecule has 0 aromatic heterocycles. The first-order valence-corrected chi connectivity index (χ1v) is 10.8.